The van der Waals surface area contributed by atoms with Gasteiger partial charge in [-0.3, -0.25) is 4.79 Å². The molecule has 0 aliphatic rings. The molecule has 2 aromatic rings. The standard InChI is InChI=1S/C12H9BrN2O/c13-10-7-14-12(15-8-10)11(16)6-9-4-2-1-3-5-9/h1-5,7-8H,6H2. The first kappa shape index (κ1) is 11.0. The van der Waals surface area contributed by atoms with Gasteiger partial charge in [0.05, 0.1) is 4.47 Å². The molecule has 0 unspecified atom stereocenters. The van der Waals surface area contributed by atoms with Gasteiger partial charge in [0.15, 0.2) is 5.82 Å². The molecule has 80 valence electrons. The van der Waals surface area contributed by atoms with Crippen LogP contribution in [0.3, 0.4) is 0 Å². The Kier molecular flexibility index (Phi) is 3.41. The molecule has 0 aliphatic heterocycles. The topological polar surface area (TPSA) is 42.9 Å². The van der Waals surface area contributed by atoms with E-state index in [9.17, 15) is 4.79 Å². The number of ketones is 1. The van der Waals surface area contributed by atoms with Gasteiger partial charge >= 0.3 is 0 Å². The molecule has 0 atom stereocenters. The van der Waals surface area contributed by atoms with Gasteiger partial charge in [-0.15, -0.1) is 0 Å². The Hall–Kier alpha value is -1.55. The maximum atomic E-state index is 11.8. The molecule has 0 N–H and O–H groups in total. The third kappa shape index (κ3) is 2.73. The quantitative estimate of drug-likeness (QED) is 0.810. The fourth-order valence-corrected chi connectivity index (χ4v) is 1.52. The lowest BCUT2D eigenvalue weighted by molar-refractivity contribution is 0.0983. The monoisotopic (exact) mass is 276 g/mol. The average molecular weight is 277 g/mol. The molecule has 0 radical (unpaired) electrons. The predicted molar refractivity (Wildman–Crippen MR) is 64.2 cm³/mol. The SMILES string of the molecule is O=C(Cc1ccccc1)c1ncc(Br)cn1. The normalized spacial score (nSPS) is 10.1. The van der Waals surface area contributed by atoms with E-state index in [1.165, 1.54) is 0 Å². The second kappa shape index (κ2) is 4.99. The van der Waals surface area contributed by atoms with Crippen LogP contribution >= 0.6 is 15.9 Å². The van der Waals surface area contributed by atoms with Crippen LogP contribution in [0, 0.1) is 0 Å². The molecular weight excluding hydrogens is 268 g/mol. The van der Waals surface area contributed by atoms with Crippen molar-refractivity contribution in [3.05, 3.63) is 58.6 Å². The molecule has 0 fully saturated rings. The molecule has 1 heterocycles. The van der Waals surface area contributed by atoms with Crippen molar-refractivity contribution >= 4 is 21.7 Å². The van der Waals surface area contributed by atoms with Crippen LogP contribution in [0.4, 0.5) is 0 Å². The second-order valence-corrected chi connectivity index (χ2v) is 4.23. The number of rotatable bonds is 3. The van der Waals surface area contributed by atoms with E-state index in [-0.39, 0.29) is 11.6 Å². The Morgan fingerprint density at radius 2 is 1.75 bits per heavy atom. The van der Waals surface area contributed by atoms with Crippen LogP contribution in [-0.2, 0) is 6.42 Å². The van der Waals surface area contributed by atoms with E-state index in [1.807, 2.05) is 30.3 Å². The Labute approximate surface area is 102 Å². The third-order valence-electron chi connectivity index (χ3n) is 2.08. The van der Waals surface area contributed by atoms with Crippen molar-refractivity contribution in [3.8, 4) is 0 Å². The minimum absolute atomic E-state index is 0.0706. The Morgan fingerprint density at radius 3 is 2.38 bits per heavy atom. The van der Waals surface area contributed by atoms with Gasteiger partial charge in [0.1, 0.15) is 0 Å². The zero-order valence-electron chi connectivity index (χ0n) is 8.43. The number of halogens is 1. The number of hydrogen-bond acceptors (Lipinski definition) is 3. The summed E-state index contributed by atoms with van der Waals surface area (Å²) in [4.78, 5) is 19.7. The van der Waals surface area contributed by atoms with Crippen LogP contribution in [-0.4, -0.2) is 15.8 Å². The van der Waals surface area contributed by atoms with E-state index in [0.717, 1.165) is 10.0 Å². The molecule has 16 heavy (non-hydrogen) atoms. The first-order valence-electron chi connectivity index (χ1n) is 4.80. The van der Waals surface area contributed by atoms with E-state index >= 15 is 0 Å². The predicted octanol–water partition coefficient (Wildman–Crippen LogP) is 2.66. The molecule has 1 aromatic heterocycles. The number of hydrogen-bond donors (Lipinski definition) is 0. The summed E-state index contributed by atoms with van der Waals surface area (Å²) in [7, 11) is 0. The average Bonchev–Trinajstić information content (AvgIpc) is 2.31. The van der Waals surface area contributed by atoms with E-state index in [0.29, 0.717) is 6.42 Å². The van der Waals surface area contributed by atoms with E-state index in [2.05, 4.69) is 25.9 Å². The van der Waals surface area contributed by atoms with E-state index in [4.69, 9.17) is 0 Å². The lowest BCUT2D eigenvalue weighted by Gasteiger charge is -1.99. The highest BCUT2D eigenvalue weighted by Gasteiger charge is 2.09. The minimum Gasteiger partial charge on any atom is -0.290 e. The van der Waals surface area contributed by atoms with Crippen molar-refractivity contribution in [2.75, 3.05) is 0 Å². The van der Waals surface area contributed by atoms with Crippen molar-refractivity contribution in [1.82, 2.24) is 9.97 Å². The summed E-state index contributed by atoms with van der Waals surface area (Å²) in [5.41, 5.74) is 0.971. The van der Waals surface area contributed by atoms with Gasteiger partial charge < -0.3 is 0 Å². The Balaban J connectivity index is 2.12. The Bertz CT molecular complexity index is 482. The molecule has 2 rings (SSSR count). The highest BCUT2D eigenvalue weighted by Crippen LogP contribution is 2.07. The maximum absolute atomic E-state index is 11.8. The maximum Gasteiger partial charge on any atom is 0.204 e. The summed E-state index contributed by atoms with van der Waals surface area (Å²) < 4.78 is 0.767. The molecule has 0 amide bonds. The largest absolute Gasteiger partial charge is 0.290 e. The highest BCUT2D eigenvalue weighted by atomic mass is 79.9. The van der Waals surface area contributed by atoms with Crippen molar-refractivity contribution in [3.63, 3.8) is 0 Å². The summed E-state index contributed by atoms with van der Waals surface area (Å²) in [5.74, 6) is 0.186. The van der Waals surface area contributed by atoms with Crippen LogP contribution < -0.4 is 0 Å². The van der Waals surface area contributed by atoms with Crippen LogP contribution in [0.1, 0.15) is 16.2 Å². The van der Waals surface area contributed by atoms with Gasteiger partial charge in [0.2, 0.25) is 5.78 Å². The lowest BCUT2D eigenvalue weighted by Crippen LogP contribution is -2.08. The molecule has 0 saturated carbocycles. The van der Waals surface area contributed by atoms with Gasteiger partial charge in [-0.05, 0) is 21.5 Å². The van der Waals surface area contributed by atoms with Gasteiger partial charge in [-0.2, -0.15) is 0 Å². The smallest absolute Gasteiger partial charge is 0.204 e. The molecule has 0 saturated heterocycles. The van der Waals surface area contributed by atoms with E-state index in [1.54, 1.807) is 12.4 Å². The van der Waals surface area contributed by atoms with E-state index < -0.39 is 0 Å². The van der Waals surface area contributed by atoms with Gasteiger partial charge in [-0.1, -0.05) is 30.3 Å². The minimum atomic E-state index is -0.0706. The number of carbonyl (C=O) groups excluding carboxylic acids is 1. The molecule has 3 nitrogen and oxygen atoms in total. The van der Waals surface area contributed by atoms with Crippen LogP contribution in [0.25, 0.3) is 0 Å². The fourth-order valence-electron chi connectivity index (χ4n) is 1.32. The van der Waals surface area contributed by atoms with Gasteiger partial charge in [0, 0.05) is 18.8 Å². The molecule has 1 aromatic carbocycles. The van der Waals surface area contributed by atoms with Crippen molar-refractivity contribution in [2.24, 2.45) is 0 Å². The summed E-state index contributed by atoms with van der Waals surface area (Å²) in [6.45, 7) is 0. The zero-order valence-corrected chi connectivity index (χ0v) is 10.0. The van der Waals surface area contributed by atoms with Crippen LogP contribution in [0.15, 0.2) is 47.2 Å². The molecule has 4 heteroatoms. The number of aromatic nitrogens is 2. The summed E-state index contributed by atoms with van der Waals surface area (Å²) in [5, 5.41) is 0. The molecule has 0 bridgehead atoms. The van der Waals surface area contributed by atoms with Crippen LogP contribution in [0.2, 0.25) is 0 Å². The molecule has 0 aliphatic carbocycles. The lowest BCUT2D eigenvalue weighted by atomic mass is 10.1. The van der Waals surface area contributed by atoms with Gasteiger partial charge in [-0.25, -0.2) is 9.97 Å². The number of carbonyl (C=O) groups is 1. The number of benzene rings is 1. The number of nitrogens with zero attached hydrogens (tertiary/aromatic N) is 2. The fraction of sp³-hybridized carbons (Fsp3) is 0.0833. The van der Waals surface area contributed by atoms with Crippen molar-refractivity contribution in [2.45, 2.75) is 6.42 Å². The molecular formula is C12H9BrN2O. The van der Waals surface area contributed by atoms with Crippen molar-refractivity contribution < 1.29 is 4.79 Å². The second-order valence-electron chi connectivity index (χ2n) is 3.31. The summed E-state index contributed by atoms with van der Waals surface area (Å²) >= 11 is 3.23. The summed E-state index contributed by atoms with van der Waals surface area (Å²) in [6, 6.07) is 9.56. The first-order chi connectivity index (χ1) is 7.75. The Morgan fingerprint density at radius 1 is 1.12 bits per heavy atom. The van der Waals surface area contributed by atoms with Crippen LogP contribution in [0.5, 0.6) is 0 Å². The van der Waals surface area contributed by atoms with Crippen molar-refractivity contribution in [1.29, 1.82) is 0 Å². The zero-order chi connectivity index (χ0) is 11.4. The highest BCUT2D eigenvalue weighted by molar-refractivity contribution is 9.10. The van der Waals surface area contributed by atoms with Gasteiger partial charge in [0.25, 0.3) is 0 Å². The number of Topliss-reactive ketones (excluding diaryl/α,β-unsaturated/α-hetero) is 1. The summed E-state index contributed by atoms with van der Waals surface area (Å²) in [6.07, 6.45) is 3.49. The third-order valence-corrected chi connectivity index (χ3v) is 2.49. The first-order valence-corrected chi connectivity index (χ1v) is 5.59. The molecule has 0 spiro atoms.